The molecule has 0 aliphatic carbocycles. The zero-order valence-corrected chi connectivity index (χ0v) is 22.1. The van der Waals surface area contributed by atoms with Gasteiger partial charge in [-0.25, -0.2) is 4.79 Å². The van der Waals surface area contributed by atoms with Gasteiger partial charge >= 0.3 is 6.09 Å². The van der Waals surface area contributed by atoms with Crippen LogP contribution in [0.3, 0.4) is 0 Å². The Kier molecular flexibility index (Phi) is 8.61. The third-order valence-corrected chi connectivity index (χ3v) is 8.05. The minimum absolute atomic E-state index is 0.00245. The first kappa shape index (κ1) is 26.3. The van der Waals surface area contributed by atoms with Crippen LogP contribution >= 0.6 is 0 Å². The van der Waals surface area contributed by atoms with Gasteiger partial charge in [0.25, 0.3) is 0 Å². The molecule has 0 aromatic heterocycles. The molecular weight excluding hydrogens is 474 g/mol. The molecule has 3 aliphatic rings. The SMILES string of the molecule is NCCc1ccc(OCCCCc2ccc(-c3ccccc3)c(N(C(=O)O)[C@H]3CN4CCC3CC4)c2)cc1. The minimum atomic E-state index is -0.857. The summed E-state index contributed by atoms with van der Waals surface area (Å²) in [6.07, 6.45) is 4.96. The summed E-state index contributed by atoms with van der Waals surface area (Å²) >= 11 is 0. The summed E-state index contributed by atoms with van der Waals surface area (Å²) in [5.41, 5.74) is 10.9. The van der Waals surface area contributed by atoms with Crippen molar-refractivity contribution in [3.05, 3.63) is 83.9 Å². The third kappa shape index (κ3) is 6.20. The number of fused-ring (bicyclic) bond motifs is 3. The van der Waals surface area contributed by atoms with Crippen LogP contribution in [0.25, 0.3) is 11.1 Å². The minimum Gasteiger partial charge on any atom is -0.494 e. The maximum Gasteiger partial charge on any atom is 0.412 e. The second-order valence-corrected chi connectivity index (χ2v) is 10.6. The van der Waals surface area contributed by atoms with Gasteiger partial charge in [-0.1, -0.05) is 54.6 Å². The van der Waals surface area contributed by atoms with Gasteiger partial charge in [-0.15, -0.1) is 0 Å². The van der Waals surface area contributed by atoms with Crippen LogP contribution < -0.4 is 15.4 Å². The first-order valence-electron chi connectivity index (χ1n) is 14.0. The Morgan fingerprint density at radius 3 is 2.34 bits per heavy atom. The van der Waals surface area contributed by atoms with Crippen LogP contribution in [-0.4, -0.2) is 54.9 Å². The topological polar surface area (TPSA) is 79.0 Å². The number of carboxylic acid groups (broad SMARTS) is 1. The van der Waals surface area contributed by atoms with E-state index in [2.05, 4.69) is 47.4 Å². The van der Waals surface area contributed by atoms with Crippen molar-refractivity contribution in [3.63, 3.8) is 0 Å². The van der Waals surface area contributed by atoms with Gasteiger partial charge in [0.05, 0.1) is 18.3 Å². The van der Waals surface area contributed by atoms with Gasteiger partial charge in [-0.2, -0.15) is 0 Å². The quantitative estimate of drug-likeness (QED) is 0.315. The second kappa shape index (κ2) is 12.5. The van der Waals surface area contributed by atoms with E-state index in [1.54, 1.807) is 4.90 Å². The van der Waals surface area contributed by atoms with Crippen LogP contribution in [0, 0.1) is 5.92 Å². The number of rotatable bonds is 11. The highest BCUT2D eigenvalue weighted by atomic mass is 16.5. The van der Waals surface area contributed by atoms with Crippen molar-refractivity contribution in [1.29, 1.82) is 0 Å². The number of nitrogens with two attached hydrogens (primary N) is 1. The smallest absolute Gasteiger partial charge is 0.412 e. The molecule has 1 atom stereocenters. The zero-order chi connectivity index (χ0) is 26.3. The van der Waals surface area contributed by atoms with E-state index in [-0.39, 0.29) is 6.04 Å². The molecule has 6 rings (SSSR count). The Morgan fingerprint density at radius 1 is 0.947 bits per heavy atom. The average molecular weight is 514 g/mol. The standard InChI is InChI=1S/C32H39N3O3/c33-18-15-24-9-12-28(13-10-24)38-21-5-4-6-25-11-14-29(26-7-2-1-3-8-26)30(22-25)35(32(36)37)31-23-34-19-16-27(31)17-20-34/h1-3,7-14,22,27,31H,4-6,15-21,23,33H2,(H,36,37)/t31-/m0/s1. The number of hydrogen-bond acceptors (Lipinski definition) is 4. The van der Waals surface area contributed by atoms with E-state index in [0.717, 1.165) is 80.7 Å². The molecule has 3 N–H and O–H groups in total. The van der Waals surface area contributed by atoms with Gasteiger partial charge in [0.1, 0.15) is 5.75 Å². The van der Waals surface area contributed by atoms with E-state index in [9.17, 15) is 9.90 Å². The number of nitrogens with zero attached hydrogens (tertiary/aromatic N) is 2. The molecule has 0 radical (unpaired) electrons. The Morgan fingerprint density at radius 2 is 1.68 bits per heavy atom. The largest absolute Gasteiger partial charge is 0.494 e. The number of carbonyl (C=O) groups is 1. The van der Waals surface area contributed by atoms with Crippen LogP contribution in [0.1, 0.15) is 36.8 Å². The van der Waals surface area contributed by atoms with Crippen LogP contribution in [0.4, 0.5) is 10.5 Å². The summed E-state index contributed by atoms with van der Waals surface area (Å²) < 4.78 is 5.93. The van der Waals surface area contributed by atoms with Gasteiger partial charge in [0.15, 0.2) is 0 Å². The third-order valence-electron chi connectivity index (χ3n) is 8.05. The fourth-order valence-corrected chi connectivity index (χ4v) is 5.98. The van der Waals surface area contributed by atoms with Gasteiger partial charge in [-0.3, -0.25) is 4.90 Å². The number of piperidine rings is 3. The van der Waals surface area contributed by atoms with E-state index < -0.39 is 6.09 Å². The number of ether oxygens (including phenoxy) is 1. The second-order valence-electron chi connectivity index (χ2n) is 10.6. The van der Waals surface area contributed by atoms with Crippen molar-refractivity contribution in [2.45, 2.75) is 44.6 Å². The zero-order valence-electron chi connectivity index (χ0n) is 22.1. The molecule has 6 nitrogen and oxygen atoms in total. The van der Waals surface area contributed by atoms with E-state index in [1.807, 2.05) is 30.3 Å². The Labute approximate surface area is 226 Å². The first-order chi connectivity index (χ1) is 18.6. The lowest BCUT2D eigenvalue weighted by atomic mass is 9.82. The summed E-state index contributed by atoms with van der Waals surface area (Å²) in [6, 6.07) is 24.7. The lowest BCUT2D eigenvalue weighted by molar-refractivity contribution is 0.0838. The normalized spacial score (nSPS) is 20.3. The number of hydrogen-bond donors (Lipinski definition) is 2. The number of anilines is 1. The Hall–Kier alpha value is -3.35. The van der Waals surface area contributed by atoms with E-state index >= 15 is 0 Å². The molecule has 3 fully saturated rings. The van der Waals surface area contributed by atoms with Gasteiger partial charge in [0.2, 0.25) is 0 Å². The van der Waals surface area contributed by atoms with E-state index in [1.165, 1.54) is 11.1 Å². The molecule has 3 heterocycles. The van der Waals surface area contributed by atoms with Crippen molar-refractivity contribution >= 4 is 11.8 Å². The number of unbranched alkanes of at least 4 members (excludes halogenated alkanes) is 1. The molecule has 200 valence electrons. The molecule has 3 aliphatic heterocycles. The van der Waals surface area contributed by atoms with E-state index in [0.29, 0.717) is 19.1 Å². The maximum absolute atomic E-state index is 12.7. The molecule has 3 aromatic rings. The maximum atomic E-state index is 12.7. The molecule has 3 saturated heterocycles. The molecule has 1 amide bonds. The fraction of sp³-hybridized carbons (Fsp3) is 0.406. The highest BCUT2D eigenvalue weighted by molar-refractivity contribution is 5.94. The van der Waals surface area contributed by atoms with Crippen LogP contribution in [0.15, 0.2) is 72.8 Å². The van der Waals surface area contributed by atoms with Crippen molar-refractivity contribution in [1.82, 2.24) is 4.90 Å². The Balaban J connectivity index is 1.29. The molecular formula is C32H39N3O3. The van der Waals surface area contributed by atoms with Gasteiger partial charge < -0.3 is 20.5 Å². The fourth-order valence-electron chi connectivity index (χ4n) is 5.98. The van der Waals surface area contributed by atoms with Crippen molar-refractivity contribution in [2.75, 3.05) is 37.7 Å². The van der Waals surface area contributed by atoms with Crippen molar-refractivity contribution in [3.8, 4) is 16.9 Å². The van der Waals surface area contributed by atoms with Crippen LogP contribution in [-0.2, 0) is 12.8 Å². The van der Waals surface area contributed by atoms with E-state index in [4.69, 9.17) is 10.5 Å². The summed E-state index contributed by atoms with van der Waals surface area (Å²) in [6.45, 7) is 4.30. The number of benzene rings is 3. The monoisotopic (exact) mass is 513 g/mol. The lowest BCUT2D eigenvalue weighted by Crippen LogP contribution is -2.59. The summed E-state index contributed by atoms with van der Waals surface area (Å²) in [5, 5.41) is 10.5. The average Bonchev–Trinajstić information content (AvgIpc) is 2.95. The highest BCUT2D eigenvalue weighted by Gasteiger charge is 2.40. The number of aryl methyl sites for hydroxylation is 1. The molecule has 0 spiro atoms. The van der Waals surface area contributed by atoms with Crippen LogP contribution in [0.2, 0.25) is 0 Å². The summed E-state index contributed by atoms with van der Waals surface area (Å²) in [5.74, 6) is 1.31. The first-order valence-corrected chi connectivity index (χ1v) is 14.0. The van der Waals surface area contributed by atoms with Crippen molar-refractivity contribution in [2.24, 2.45) is 11.7 Å². The van der Waals surface area contributed by atoms with Crippen LogP contribution in [0.5, 0.6) is 5.75 Å². The summed E-state index contributed by atoms with van der Waals surface area (Å²) in [4.78, 5) is 16.8. The molecule has 0 saturated carbocycles. The molecule has 6 heteroatoms. The summed E-state index contributed by atoms with van der Waals surface area (Å²) in [7, 11) is 0. The lowest BCUT2D eigenvalue weighted by Gasteiger charge is -2.48. The van der Waals surface area contributed by atoms with Crippen molar-refractivity contribution < 1.29 is 14.6 Å². The highest BCUT2D eigenvalue weighted by Crippen LogP contribution is 2.39. The predicted molar refractivity (Wildman–Crippen MR) is 153 cm³/mol. The number of amides is 1. The molecule has 2 bridgehead atoms. The molecule has 3 aromatic carbocycles. The van der Waals surface area contributed by atoms with Gasteiger partial charge in [0, 0.05) is 12.1 Å². The molecule has 0 unspecified atom stereocenters. The predicted octanol–water partition coefficient (Wildman–Crippen LogP) is 5.84. The molecule has 38 heavy (non-hydrogen) atoms. The van der Waals surface area contributed by atoms with Gasteiger partial charge in [-0.05, 0) is 99.0 Å². The Bertz CT molecular complexity index is 1190.